The molecule has 0 aromatic carbocycles. The lowest BCUT2D eigenvalue weighted by Crippen LogP contribution is -2.46. The van der Waals surface area contributed by atoms with Gasteiger partial charge in [0.05, 0.1) is 13.2 Å². The lowest BCUT2D eigenvalue weighted by molar-refractivity contribution is -0.0602. The highest BCUT2D eigenvalue weighted by Gasteiger charge is 2.34. The van der Waals surface area contributed by atoms with Gasteiger partial charge >= 0.3 is 0 Å². The standard InChI is InChI=1S/C14H27NO2/c1-12(2)15-9-14(6-3-7-16-10-14)11-17-8-13-4-5-13/h12-13,15H,3-11H2,1-2H3. The number of nitrogens with one attached hydrogen (secondary N) is 1. The quantitative estimate of drug-likeness (QED) is 0.741. The third kappa shape index (κ3) is 4.57. The normalized spacial score (nSPS) is 29.8. The molecule has 0 amide bonds. The molecule has 3 nitrogen and oxygen atoms in total. The van der Waals surface area contributed by atoms with Crippen molar-refractivity contribution in [2.75, 3.05) is 33.0 Å². The van der Waals surface area contributed by atoms with Crippen molar-refractivity contribution >= 4 is 0 Å². The maximum atomic E-state index is 5.91. The van der Waals surface area contributed by atoms with Gasteiger partial charge in [0.25, 0.3) is 0 Å². The van der Waals surface area contributed by atoms with E-state index in [0.29, 0.717) is 6.04 Å². The smallest absolute Gasteiger partial charge is 0.0556 e. The predicted octanol–water partition coefficient (Wildman–Crippen LogP) is 2.21. The van der Waals surface area contributed by atoms with Crippen LogP contribution in [0.1, 0.15) is 39.5 Å². The van der Waals surface area contributed by atoms with Crippen molar-refractivity contribution in [3.63, 3.8) is 0 Å². The third-order valence-electron chi connectivity index (χ3n) is 3.75. The van der Waals surface area contributed by atoms with Crippen molar-refractivity contribution in [2.45, 2.75) is 45.6 Å². The van der Waals surface area contributed by atoms with Crippen LogP contribution in [0.25, 0.3) is 0 Å². The Kier molecular flexibility index (Phi) is 4.83. The summed E-state index contributed by atoms with van der Waals surface area (Å²) in [5.41, 5.74) is 0.220. The van der Waals surface area contributed by atoms with E-state index in [1.54, 1.807) is 0 Å². The third-order valence-corrected chi connectivity index (χ3v) is 3.75. The van der Waals surface area contributed by atoms with Crippen LogP contribution in [0.5, 0.6) is 0 Å². The molecular formula is C14H27NO2. The maximum Gasteiger partial charge on any atom is 0.0556 e. The Morgan fingerprint density at radius 3 is 2.82 bits per heavy atom. The first kappa shape index (κ1) is 13.3. The van der Waals surface area contributed by atoms with E-state index in [2.05, 4.69) is 19.2 Å². The second-order valence-electron chi connectivity index (χ2n) is 6.15. The Morgan fingerprint density at radius 1 is 1.41 bits per heavy atom. The van der Waals surface area contributed by atoms with Crippen molar-refractivity contribution in [1.29, 1.82) is 0 Å². The Hall–Kier alpha value is -0.120. The average molecular weight is 241 g/mol. The molecule has 1 saturated heterocycles. The molecule has 17 heavy (non-hydrogen) atoms. The topological polar surface area (TPSA) is 30.5 Å². The summed E-state index contributed by atoms with van der Waals surface area (Å²) in [7, 11) is 0. The van der Waals surface area contributed by atoms with Gasteiger partial charge in [0, 0.05) is 31.2 Å². The van der Waals surface area contributed by atoms with E-state index in [1.807, 2.05) is 0 Å². The Labute approximate surface area is 105 Å². The van der Waals surface area contributed by atoms with Gasteiger partial charge in [0.15, 0.2) is 0 Å². The van der Waals surface area contributed by atoms with Gasteiger partial charge in [0.2, 0.25) is 0 Å². The van der Waals surface area contributed by atoms with Gasteiger partial charge in [-0.1, -0.05) is 13.8 Å². The summed E-state index contributed by atoms with van der Waals surface area (Å²) in [6.45, 7) is 9.02. The van der Waals surface area contributed by atoms with Gasteiger partial charge in [-0.05, 0) is 31.6 Å². The van der Waals surface area contributed by atoms with E-state index < -0.39 is 0 Å². The fourth-order valence-electron chi connectivity index (χ4n) is 2.36. The molecule has 1 aliphatic heterocycles. The average Bonchev–Trinajstić information content (AvgIpc) is 3.12. The molecule has 2 fully saturated rings. The highest BCUT2D eigenvalue weighted by Crippen LogP contribution is 2.32. The molecule has 1 aliphatic carbocycles. The molecule has 0 aromatic rings. The van der Waals surface area contributed by atoms with Crippen LogP contribution in [0.3, 0.4) is 0 Å². The molecular weight excluding hydrogens is 214 g/mol. The highest BCUT2D eigenvalue weighted by atomic mass is 16.5. The Morgan fingerprint density at radius 2 is 2.24 bits per heavy atom. The summed E-state index contributed by atoms with van der Waals surface area (Å²) in [5.74, 6) is 0.856. The molecule has 1 heterocycles. The molecule has 0 radical (unpaired) electrons. The van der Waals surface area contributed by atoms with Crippen molar-refractivity contribution in [1.82, 2.24) is 5.32 Å². The van der Waals surface area contributed by atoms with Crippen LogP contribution in [0.2, 0.25) is 0 Å². The molecule has 1 unspecified atom stereocenters. The van der Waals surface area contributed by atoms with E-state index in [0.717, 1.165) is 38.9 Å². The predicted molar refractivity (Wildman–Crippen MR) is 69.2 cm³/mol. The van der Waals surface area contributed by atoms with Crippen LogP contribution in [0, 0.1) is 11.3 Å². The Bertz CT molecular complexity index is 220. The first-order valence-corrected chi connectivity index (χ1v) is 7.09. The van der Waals surface area contributed by atoms with Crippen molar-refractivity contribution in [3.05, 3.63) is 0 Å². The molecule has 3 heteroatoms. The molecule has 0 spiro atoms. The van der Waals surface area contributed by atoms with Crippen molar-refractivity contribution in [2.24, 2.45) is 11.3 Å². The lowest BCUT2D eigenvalue weighted by Gasteiger charge is -2.37. The fraction of sp³-hybridized carbons (Fsp3) is 1.00. The monoisotopic (exact) mass is 241 g/mol. The SMILES string of the molecule is CC(C)NCC1(COCC2CC2)CCCOC1. The minimum Gasteiger partial charge on any atom is -0.381 e. The van der Waals surface area contributed by atoms with Crippen molar-refractivity contribution < 1.29 is 9.47 Å². The molecule has 1 N–H and O–H groups in total. The molecule has 0 bridgehead atoms. The molecule has 2 aliphatic rings. The van der Waals surface area contributed by atoms with Crippen LogP contribution >= 0.6 is 0 Å². The van der Waals surface area contributed by atoms with E-state index in [9.17, 15) is 0 Å². The summed E-state index contributed by atoms with van der Waals surface area (Å²) < 4.78 is 11.6. The minimum atomic E-state index is 0.220. The number of hydrogen-bond donors (Lipinski definition) is 1. The molecule has 2 rings (SSSR count). The minimum absolute atomic E-state index is 0.220. The zero-order chi connectivity index (χ0) is 12.1. The molecule has 100 valence electrons. The summed E-state index contributed by atoms with van der Waals surface area (Å²) in [4.78, 5) is 0. The maximum absolute atomic E-state index is 5.91. The highest BCUT2D eigenvalue weighted by molar-refractivity contribution is 4.85. The largest absolute Gasteiger partial charge is 0.381 e. The number of hydrogen-bond acceptors (Lipinski definition) is 3. The second-order valence-corrected chi connectivity index (χ2v) is 6.15. The van der Waals surface area contributed by atoms with E-state index in [1.165, 1.54) is 25.7 Å². The van der Waals surface area contributed by atoms with E-state index >= 15 is 0 Å². The zero-order valence-electron chi connectivity index (χ0n) is 11.3. The molecule has 1 atom stereocenters. The zero-order valence-corrected chi connectivity index (χ0v) is 11.3. The van der Waals surface area contributed by atoms with Gasteiger partial charge in [-0.3, -0.25) is 0 Å². The summed E-state index contributed by atoms with van der Waals surface area (Å²) in [5, 5.41) is 3.55. The van der Waals surface area contributed by atoms with E-state index in [4.69, 9.17) is 9.47 Å². The number of rotatable bonds is 7. The second kappa shape index (κ2) is 6.17. The summed E-state index contributed by atoms with van der Waals surface area (Å²) in [6.07, 6.45) is 5.14. The lowest BCUT2D eigenvalue weighted by atomic mass is 9.83. The van der Waals surface area contributed by atoms with Crippen LogP contribution in [0.15, 0.2) is 0 Å². The Balaban J connectivity index is 1.76. The van der Waals surface area contributed by atoms with Crippen LogP contribution in [0.4, 0.5) is 0 Å². The van der Waals surface area contributed by atoms with Gasteiger partial charge in [-0.15, -0.1) is 0 Å². The first-order valence-electron chi connectivity index (χ1n) is 7.09. The van der Waals surface area contributed by atoms with E-state index in [-0.39, 0.29) is 5.41 Å². The molecule has 1 saturated carbocycles. The fourth-order valence-corrected chi connectivity index (χ4v) is 2.36. The van der Waals surface area contributed by atoms with Gasteiger partial charge in [-0.2, -0.15) is 0 Å². The van der Waals surface area contributed by atoms with Gasteiger partial charge < -0.3 is 14.8 Å². The van der Waals surface area contributed by atoms with Crippen molar-refractivity contribution in [3.8, 4) is 0 Å². The van der Waals surface area contributed by atoms with Gasteiger partial charge in [-0.25, -0.2) is 0 Å². The first-order chi connectivity index (χ1) is 8.20. The summed E-state index contributed by atoms with van der Waals surface area (Å²) in [6, 6.07) is 0.539. The summed E-state index contributed by atoms with van der Waals surface area (Å²) >= 11 is 0. The van der Waals surface area contributed by atoms with Gasteiger partial charge in [0.1, 0.15) is 0 Å². The number of ether oxygens (including phenoxy) is 2. The molecule has 0 aromatic heterocycles. The van der Waals surface area contributed by atoms with Crippen LogP contribution < -0.4 is 5.32 Å². The van der Waals surface area contributed by atoms with Crippen LogP contribution in [-0.4, -0.2) is 39.0 Å². The van der Waals surface area contributed by atoms with Crippen LogP contribution in [-0.2, 0) is 9.47 Å².